The summed E-state index contributed by atoms with van der Waals surface area (Å²) in [5.74, 6) is 0.704. The van der Waals surface area contributed by atoms with Crippen molar-refractivity contribution in [3.05, 3.63) is 181 Å². The number of benzene rings is 8. The number of rotatable bonds is 5. The van der Waals surface area contributed by atoms with Gasteiger partial charge in [-0.3, -0.25) is 0 Å². The van der Waals surface area contributed by atoms with Crippen molar-refractivity contribution < 1.29 is 0 Å². The van der Waals surface area contributed by atoms with Crippen LogP contribution in [0.2, 0.25) is 0 Å². The zero-order valence-corrected chi connectivity index (χ0v) is 27.1. The lowest BCUT2D eigenvalue weighted by Gasteiger charge is -2.14. The lowest BCUT2D eigenvalue weighted by molar-refractivity contribution is 1.23. The molecule has 0 N–H and O–H groups in total. The minimum Gasteiger partial charge on any atom is -0.228 e. The first-order valence-corrected chi connectivity index (χ1v) is 16.7. The molecule has 9 rings (SSSR count). The predicted octanol–water partition coefficient (Wildman–Crippen LogP) is 12.1. The summed E-state index contributed by atoms with van der Waals surface area (Å²) in [7, 11) is 0. The maximum absolute atomic E-state index is 9.17. The van der Waals surface area contributed by atoms with E-state index in [4.69, 9.17) is 15.2 Å². The van der Waals surface area contributed by atoms with Gasteiger partial charge in [0.2, 0.25) is 0 Å². The zero-order valence-electron chi connectivity index (χ0n) is 27.1. The molecule has 1 heterocycles. The van der Waals surface area contributed by atoms with Crippen molar-refractivity contribution in [2.75, 3.05) is 0 Å². The van der Waals surface area contributed by atoms with Crippen molar-refractivity contribution in [2.45, 2.75) is 0 Å². The summed E-state index contributed by atoms with van der Waals surface area (Å²) < 4.78 is 0. The highest BCUT2D eigenvalue weighted by Gasteiger charge is 2.16. The third kappa shape index (κ3) is 5.17. The summed E-state index contributed by atoms with van der Waals surface area (Å²) in [5.41, 5.74) is 11.4. The molecule has 0 saturated heterocycles. The normalized spacial score (nSPS) is 11.2. The molecule has 232 valence electrons. The summed E-state index contributed by atoms with van der Waals surface area (Å²) in [6.07, 6.45) is 0. The van der Waals surface area contributed by atoms with E-state index >= 15 is 0 Å². The molecule has 0 aliphatic heterocycles. The van der Waals surface area contributed by atoms with E-state index in [9.17, 15) is 0 Å². The van der Waals surface area contributed by atoms with Crippen molar-refractivity contribution in [1.29, 1.82) is 5.26 Å². The van der Waals surface area contributed by atoms with Crippen molar-refractivity contribution >= 4 is 32.4 Å². The van der Waals surface area contributed by atoms with E-state index in [0.29, 0.717) is 11.4 Å². The zero-order chi connectivity index (χ0) is 33.4. The van der Waals surface area contributed by atoms with Gasteiger partial charge in [0.1, 0.15) is 0 Å². The SMILES string of the molecule is N#Cc1ccc(-c2ccc(-c3ccc(-c4nc(-c5ccc(-c6cccc7ccccc67)cc5)c5ccccc5n4)c4ccccc34)cc2)cc1. The van der Waals surface area contributed by atoms with Crippen molar-refractivity contribution in [1.82, 2.24) is 9.97 Å². The Morgan fingerprint density at radius 2 is 0.860 bits per heavy atom. The number of aromatic nitrogens is 2. The fourth-order valence-corrected chi connectivity index (χ4v) is 7.03. The van der Waals surface area contributed by atoms with Gasteiger partial charge in [0, 0.05) is 16.5 Å². The number of para-hydroxylation sites is 1. The summed E-state index contributed by atoms with van der Waals surface area (Å²) in [5, 5.41) is 14.9. The second-order valence-electron chi connectivity index (χ2n) is 12.5. The molecule has 0 atom stereocenters. The van der Waals surface area contributed by atoms with E-state index in [2.05, 4.69) is 152 Å². The van der Waals surface area contributed by atoms with Gasteiger partial charge in [-0.1, -0.05) is 152 Å². The molecule has 0 fully saturated rings. The number of fused-ring (bicyclic) bond motifs is 3. The maximum Gasteiger partial charge on any atom is 0.161 e. The third-order valence-corrected chi connectivity index (χ3v) is 9.57. The van der Waals surface area contributed by atoms with Gasteiger partial charge in [0.15, 0.2) is 5.82 Å². The summed E-state index contributed by atoms with van der Waals surface area (Å²) in [6.45, 7) is 0. The Morgan fingerprint density at radius 3 is 1.56 bits per heavy atom. The van der Waals surface area contributed by atoms with Crippen LogP contribution < -0.4 is 0 Å². The molecule has 3 heteroatoms. The minimum absolute atomic E-state index is 0.661. The van der Waals surface area contributed by atoms with Gasteiger partial charge in [0.05, 0.1) is 22.8 Å². The Labute approximate surface area is 290 Å². The van der Waals surface area contributed by atoms with E-state index in [-0.39, 0.29) is 0 Å². The number of hydrogen-bond donors (Lipinski definition) is 0. The smallest absolute Gasteiger partial charge is 0.161 e. The third-order valence-electron chi connectivity index (χ3n) is 9.57. The van der Waals surface area contributed by atoms with Gasteiger partial charge in [-0.15, -0.1) is 0 Å². The molecule has 0 saturated carbocycles. The largest absolute Gasteiger partial charge is 0.228 e. The van der Waals surface area contributed by atoms with Gasteiger partial charge < -0.3 is 0 Å². The molecule has 0 aliphatic rings. The van der Waals surface area contributed by atoms with Gasteiger partial charge in [0.25, 0.3) is 0 Å². The van der Waals surface area contributed by atoms with E-state index in [1.807, 2.05) is 30.3 Å². The topological polar surface area (TPSA) is 49.6 Å². The highest BCUT2D eigenvalue weighted by atomic mass is 14.9. The first kappa shape index (κ1) is 29.3. The van der Waals surface area contributed by atoms with Gasteiger partial charge in [-0.25, -0.2) is 9.97 Å². The summed E-state index contributed by atoms with van der Waals surface area (Å²) in [6, 6.07) is 63.4. The summed E-state index contributed by atoms with van der Waals surface area (Å²) in [4.78, 5) is 10.4. The van der Waals surface area contributed by atoms with Gasteiger partial charge in [-0.2, -0.15) is 5.26 Å². The van der Waals surface area contributed by atoms with Crippen LogP contribution in [0.1, 0.15) is 5.56 Å². The number of nitriles is 1. The van der Waals surface area contributed by atoms with Crippen molar-refractivity contribution in [2.24, 2.45) is 0 Å². The Kier molecular flexibility index (Phi) is 7.19. The number of hydrogen-bond acceptors (Lipinski definition) is 3. The molecular formula is C47H29N3. The van der Waals surface area contributed by atoms with Crippen LogP contribution in [0.15, 0.2) is 176 Å². The second-order valence-corrected chi connectivity index (χ2v) is 12.5. The molecule has 50 heavy (non-hydrogen) atoms. The molecule has 0 unspecified atom stereocenters. The Hall–Kier alpha value is -6.89. The van der Waals surface area contributed by atoms with Crippen LogP contribution in [0, 0.1) is 11.3 Å². The highest BCUT2D eigenvalue weighted by Crippen LogP contribution is 2.38. The van der Waals surface area contributed by atoms with Crippen LogP contribution in [0.3, 0.4) is 0 Å². The van der Waals surface area contributed by atoms with Crippen LogP contribution in [-0.2, 0) is 0 Å². The average Bonchev–Trinajstić information content (AvgIpc) is 3.20. The Balaban J connectivity index is 1.12. The molecule has 1 aromatic heterocycles. The maximum atomic E-state index is 9.17. The highest BCUT2D eigenvalue weighted by molar-refractivity contribution is 6.05. The first-order valence-electron chi connectivity index (χ1n) is 16.7. The molecule has 0 spiro atoms. The Morgan fingerprint density at radius 1 is 0.360 bits per heavy atom. The predicted molar refractivity (Wildman–Crippen MR) is 206 cm³/mol. The molecular weight excluding hydrogens is 607 g/mol. The van der Waals surface area contributed by atoms with Crippen LogP contribution >= 0.6 is 0 Å². The molecule has 0 radical (unpaired) electrons. The molecule has 9 aromatic rings. The lowest BCUT2D eigenvalue weighted by atomic mass is 9.93. The van der Waals surface area contributed by atoms with E-state index < -0.39 is 0 Å². The minimum atomic E-state index is 0.661. The van der Waals surface area contributed by atoms with E-state index in [1.54, 1.807) is 0 Å². The standard InChI is InChI=1S/C47H29N3/c48-30-31-16-18-32(19-17-31)33-20-22-36(23-21-33)40-28-29-43(42-12-4-3-11-41(40)42)47-49-45-15-6-5-13-44(45)46(50-47)37-26-24-35(25-27-37)39-14-7-9-34-8-1-2-10-38(34)39/h1-29H. The average molecular weight is 636 g/mol. The van der Waals surface area contributed by atoms with Crippen LogP contribution in [0.25, 0.3) is 88.5 Å². The van der Waals surface area contributed by atoms with E-state index in [0.717, 1.165) is 60.8 Å². The monoisotopic (exact) mass is 635 g/mol. The van der Waals surface area contributed by atoms with Crippen LogP contribution in [0.5, 0.6) is 0 Å². The lowest BCUT2D eigenvalue weighted by Crippen LogP contribution is -1.96. The summed E-state index contributed by atoms with van der Waals surface area (Å²) >= 11 is 0. The first-order chi connectivity index (χ1) is 24.7. The molecule has 3 nitrogen and oxygen atoms in total. The fourth-order valence-electron chi connectivity index (χ4n) is 7.03. The molecule has 0 aliphatic carbocycles. The fraction of sp³-hybridized carbons (Fsp3) is 0. The van der Waals surface area contributed by atoms with Gasteiger partial charge >= 0.3 is 0 Å². The van der Waals surface area contributed by atoms with Crippen molar-refractivity contribution in [3.63, 3.8) is 0 Å². The van der Waals surface area contributed by atoms with E-state index in [1.165, 1.54) is 21.9 Å². The van der Waals surface area contributed by atoms with Crippen LogP contribution in [-0.4, -0.2) is 9.97 Å². The molecule has 0 bridgehead atoms. The van der Waals surface area contributed by atoms with Crippen molar-refractivity contribution in [3.8, 4) is 62.1 Å². The second kappa shape index (κ2) is 12.3. The Bertz CT molecular complexity index is 2730. The van der Waals surface area contributed by atoms with Gasteiger partial charge in [-0.05, 0) is 79.2 Å². The molecule has 8 aromatic carbocycles. The molecule has 0 amide bonds. The quantitative estimate of drug-likeness (QED) is 0.189. The van der Waals surface area contributed by atoms with Crippen LogP contribution in [0.4, 0.5) is 0 Å². The number of nitrogens with zero attached hydrogens (tertiary/aromatic N) is 3.